The van der Waals surface area contributed by atoms with Gasteiger partial charge in [0.05, 0.1) is 0 Å². The summed E-state index contributed by atoms with van der Waals surface area (Å²) in [4.78, 5) is 0. The summed E-state index contributed by atoms with van der Waals surface area (Å²) in [6.45, 7) is -1.21. The smallest absolute Gasteiger partial charge is 0.405 e. The average molecular weight is 216 g/mol. The molecule has 74 valence electrons. The van der Waals surface area contributed by atoms with Crippen molar-refractivity contribution in [2.75, 3.05) is 11.9 Å². The van der Waals surface area contributed by atoms with Crippen LogP contribution in [-0.4, -0.2) is 22.9 Å². The van der Waals surface area contributed by atoms with Gasteiger partial charge in [-0.25, -0.2) is 0 Å². The van der Waals surface area contributed by atoms with E-state index in [0.29, 0.717) is 0 Å². The van der Waals surface area contributed by atoms with Gasteiger partial charge in [0.2, 0.25) is 5.89 Å². The van der Waals surface area contributed by atoms with Gasteiger partial charge in [0.25, 0.3) is 0 Å². The molecule has 0 bridgehead atoms. The van der Waals surface area contributed by atoms with Crippen molar-refractivity contribution in [1.82, 2.24) is 10.2 Å². The zero-order chi connectivity index (χ0) is 9.90. The maximum absolute atomic E-state index is 11.7. The molecule has 0 unspecified atom stereocenters. The fourth-order valence-electron chi connectivity index (χ4n) is 0.555. The molecule has 1 aromatic rings. The monoisotopic (exact) mass is 215 g/mol. The van der Waals surface area contributed by atoms with Crippen molar-refractivity contribution in [3.8, 4) is 0 Å². The van der Waals surface area contributed by atoms with Gasteiger partial charge in [0.15, 0.2) is 0 Å². The Balaban J connectivity index is 2.46. The maximum atomic E-state index is 11.7. The minimum atomic E-state index is -4.31. The molecule has 0 saturated carbocycles. The summed E-state index contributed by atoms with van der Waals surface area (Å²) in [7, 11) is 0. The normalized spacial score (nSPS) is 11.7. The molecule has 0 saturated heterocycles. The maximum Gasteiger partial charge on any atom is 0.405 e. The number of anilines is 1. The minimum Gasteiger partial charge on any atom is -0.407 e. The van der Waals surface area contributed by atoms with Crippen LogP contribution in [0.25, 0.3) is 0 Å². The van der Waals surface area contributed by atoms with Crippen LogP contribution in [0.1, 0.15) is 5.89 Å². The molecule has 1 rings (SSSR count). The first-order valence-electron chi connectivity index (χ1n) is 3.20. The first-order valence-corrected chi connectivity index (χ1v) is 3.73. The Labute approximate surface area is 76.1 Å². The predicted octanol–water partition coefficient (Wildman–Crippen LogP) is 1.78. The van der Waals surface area contributed by atoms with Gasteiger partial charge in [-0.05, 0) is 0 Å². The van der Waals surface area contributed by atoms with Crippen LogP contribution in [0.15, 0.2) is 4.42 Å². The molecule has 13 heavy (non-hydrogen) atoms. The lowest BCUT2D eigenvalue weighted by molar-refractivity contribution is -0.115. The van der Waals surface area contributed by atoms with Crippen molar-refractivity contribution < 1.29 is 17.6 Å². The third-order valence-electron chi connectivity index (χ3n) is 1.02. The van der Waals surface area contributed by atoms with Crippen LogP contribution < -0.4 is 5.32 Å². The van der Waals surface area contributed by atoms with Gasteiger partial charge in [-0.15, -0.1) is 16.7 Å². The molecule has 0 aliphatic rings. The van der Waals surface area contributed by atoms with E-state index < -0.39 is 12.7 Å². The molecule has 0 amide bonds. The Bertz CT molecular complexity index is 274. The molecule has 8 heteroatoms. The van der Waals surface area contributed by atoms with Gasteiger partial charge >= 0.3 is 12.2 Å². The van der Waals surface area contributed by atoms with E-state index in [0.717, 1.165) is 0 Å². The van der Waals surface area contributed by atoms with Crippen molar-refractivity contribution >= 4 is 17.6 Å². The Morgan fingerprint density at radius 3 is 2.54 bits per heavy atom. The Hall–Kier alpha value is -0.980. The molecular formula is C5H5ClF3N3O. The van der Waals surface area contributed by atoms with Crippen LogP contribution in [-0.2, 0) is 5.88 Å². The molecule has 0 aliphatic heterocycles. The van der Waals surface area contributed by atoms with E-state index in [1.165, 1.54) is 0 Å². The quantitative estimate of drug-likeness (QED) is 0.781. The highest BCUT2D eigenvalue weighted by molar-refractivity contribution is 6.16. The third-order valence-corrected chi connectivity index (χ3v) is 1.25. The molecule has 0 radical (unpaired) electrons. The summed E-state index contributed by atoms with van der Waals surface area (Å²) in [5.41, 5.74) is 0. The van der Waals surface area contributed by atoms with Crippen LogP contribution >= 0.6 is 11.6 Å². The van der Waals surface area contributed by atoms with Gasteiger partial charge < -0.3 is 9.73 Å². The van der Waals surface area contributed by atoms with E-state index in [2.05, 4.69) is 14.6 Å². The van der Waals surface area contributed by atoms with Crippen molar-refractivity contribution in [3.05, 3.63) is 5.89 Å². The number of hydrogen-bond donors (Lipinski definition) is 1. The predicted molar refractivity (Wildman–Crippen MR) is 38.4 cm³/mol. The van der Waals surface area contributed by atoms with Crippen LogP contribution in [0.5, 0.6) is 0 Å². The zero-order valence-corrected chi connectivity index (χ0v) is 6.98. The van der Waals surface area contributed by atoms with Gasteiger partial charge in [-0.3, -0.25) is 0 Å². The Morgan fingerprint density at radius 2 is 2.08 bits per heavy atom. The number of halogens is 4. The molecular weight excluding hydrogens is 211 g/mol. The molecule has 0 aromatic carbocycles. The van der Waals surface area contributed by atoms with Gasteiger partial charge in [-0.2, -0.15) is 13.2 Å². The second-order valence-electron chi connectivity index (χ2n) is 2.10. The second kappa shape index (κ2) is 3.82. The number of nitrogens with one attached hydrogen (secondary N) is 1. The topological polar surface area (TPSA) is 51.0 Å². The summed E-state index contributed by atoms with van der Waals surface area (Å²) < 4.78 is 39.6. The molecule has 0 atom stereocenters. The number of hydrogen-bond acceptors (Lipinski definition) is 4. The highest BCUT2D eigenvalue weighted by Gasteiger charge is 2.27. The zero-order valence-electron chi connectivity index (χ0n) is 6.23. The summed E-state index contributed by atoms with van der Waals surface area (Å²) in [6.07, 6.45) is -4.31. The van der Waals surface area contributed by atoms with E-state index in [1.807, 2.05) is 5.32 Å². The van der Waals surface area contributed by atoms with Crippen LogP contribution in [0, 0.1) is 0 Å². The summed E-state index contributed by atoms with van der Waals surface area (Å²) in [5, 5.41) is 8.55. The number of aromatic nitrogens is 2. The summed E-state index contributed by atoms with van der Waals surface area (Å²) in [6, 6.07) is -0.284. The first-order chi connectivity index (χ1) is 6.01. The Morgan fingerprint density at radius 1 is 1.38 bits per heavy atom. The molecule has 4 nitrogen and oxygen atoms in total. The molecule has 0 fully saturated rings. The number of rotatable bonds is 3. The standard InChI is InChI=1S/C5H5ClF3N3O/c6-1-3-11-12-4(13-3)10-2-5(7,8)9/h1-2H2,(H,10,12). The number of nitrogens with zero attached hydrogens (tertiary/aromatic N) is 2. The number of alkyl halides is 4. The van der Waals surface area contributed by atoms with Crippen LogP contribution in [0.3, 0.4) is 0 Å². The Kier molecular flexibility index (Phi) is 2.97. The lowest BCUT2D eigenvalue weighted by Crippen LogP contribution is -2.21. The lowest BCUT2D eigenvalue weighted by atomic mass is 10.6. The fraction of sp³-hybridized carbons (Fsp3) is 0.600. The van der Waals surface area contributed by atoms with Crippen LogP contribution in [0.2, 0.25) is 0 Å². The summed E-state index contributed by atoms with van der Waals surface area (Å²) >= 11 is 5.28. The van der Waals surface area contributed by atoms with Crippen molar-refractivity contribution in [2.45, 2.75) is 12.1 Å². The molecule has 0 aliphatic carbocycles. The van der Waals surface area contributed by atoms with E-state index in [1.54, 1.807) is 0 Å². The van der Waals surface area contributed by atoms with E-state index in [-0.39, 0.29) is 17.8 Å². The van der Waals surface area contributed by atoms with Crippen LogP contribution in [0.4, 0.5) is 19.2 Å². The molecule has 0 spiro atoms. The second-order valence-corrected chi connectivity index (χ2v) is 2.37. The average Bonchev–Trinajstić information content (AvgIpc) is 2.47. The fourth-order valence-corrected chi connectivity index (χ4v) is 0.663. The van der Waals surface area contributed by atoms with Crippen molar-refractivity contribution in [1.29, 1.82) is 0 Å². The van der Waals surface area contributed by atoms with Gasteiger partial charge in [0, 0.05) is 0 Å². The SMILES string of the molecule is FC(F)(F)CNc1nnc(CCl)o1. The highest BCUT2D eigenvalue weighted by atomic mass is 35.5. The van der Waals surface area contributed by atoms with E-state index >= 15 is 0 Å². The lowest BCUT2D eigenvalue weighted by Gasteiger charge is -2.04. The summed E-state index contributed by atoms with van der Waals surface area (Å²) in [5.74, 6) is 0.0482. The molecule has 1 aromatic heterocycles. The highest BCUT2D eigenvalue weighted by Crippen LogP contribution is 2.15. The molecule has 1 heterocycles. The van der Waals surface area contributed by atoms with Gasteiger partial charge in [0.1, 0.15) is 12.4 Å². The van der Waals surface area contributed by atoms with E-state index in [9.17, 15) is 13.2 Å². The minimum absolute atomic E-state index is 0.0271. The third kappa shape index (κ3) is 3.49. The van der Waals surface area contributed by atoms with E-state index in [4.69, 9.17) is 11.6 Å². The van der Waals surface area contributed by atoms with Gasteiger partial charge in [-0.1, -0.05) is 5.10 Å². The van der Waals surface area contributed by atoms with Crippen molar-refractivity contribution in [3.63, 3.8) is 0 Å². The largest absolute Gasteiger partial charge is 0.407 e. The van der Waals surface area contributed by atoms with Crippen molar-refractivity contribution in [2.24, 2.45) is 0 Å². The molecule has 1 N–H and O–H groups in total. The first kappa shape index (κ1) is 10.1.